The third kappa shape index (κ3) is 6.88. The van der Waals surface area contributed by atoms with E-state index in [0.29, 0.717) is 5.56 Å². The summed E-state index contributed by atoms with van der Waals surface area (Å²) in [5.41, 5.74) is 3.27. The van der Waals surface area contributed by atoms with Crippen molar-refractivity contribution in [3.8, 4) is 22.6 Å². The van der Waals surface area contributed by atoms with Crippen molar-refractivity contribution in [3.05, 3.63) is 83.4 Å². The molecule has 0 fully saturated rings. The number of alkyl carbamates (subject to hydrolysis) is 1. The van der Waals surface area contributed by atoms with Crippen molar-refractivity contribution in [2.24, 2.45) is 10.8 Å². The molecule has 216 valence electrons. The van der Waals surface area contributed by atoms with Gasteiger partial charge in [0.15, 0.2) is 11.5 Å². The summed E-state index contributed by atoms with van der Waals surface area (Å²) >= 11 is 0. The highest BCUT2D eigenvalue weighted by Gasteiger charge is 2.31. The Morgan fingerprint density at radius 3 is 1.95 bits per heavy atom. The van der Waals surface area contributed by atoms with Gasteiger partial charge in [0.1, 0.15) is 12.7 Å². The van der Waals surface area contributed by atoms with Gasteiger partial charge >= 0.3 is 18.0 Å². The van der Waals surface area contributed by atoms with Crippen LogP contribution in [-0.2, 0) is 19.1 Å². The topological polar surface area (TPSA) is 111 Å². The highest BCUT2D eigenvalue weighted by molar-refractivity contribution is 5.80. The van der Waals surface area contributed by atoms with Gasteiger partial charge in [-0.3, -0.25) is 9.59 Å². The van der Waals surface area contributed by atoms with Crippen LogP contribution in [0, 0.1) is 10.8 Å². The average molecular weight is 560 g/mol. The number of benzene rings is 3. The van der Waals surface area contributed by atoms with Gasteiger partial charge in [-0.25, -0.2) is 4.79 Å². The number of phenolic OH excluding ortho intramolecular Hbond substituents is 1. The molecule has 3 aromatic rings. The zero-order valence-electron chi connectivity index (χ0n) is 24.3. The molecule has 1 aliphatic carbocycles. The molecule has 3 aromatic carbocycles. The third-order valence-corrected chi connectivity index (χ3v) is 6.81. The van der Waals surface area contributed by atoms with E-state index in [2.05, 4.69) is 17.4 Å². The molecule has 8 heteroatoms. The van der Waals surface area contributed by atoms with E-state index in [-0.39, 0.29) is 30.6 Å². The van der Waals surface area contributed by atoms with E-state index < -0.39 is 35.0 Å². The fraction of sp³-hybridized carbons (Fsp3) is 0.364. The van der Waals surface area contributed by atoms with E-state index in [1.54, 1.807) is 47.6 Å². The zero-order valence-corrected chi connectivity index (χ0v) is 24.3. The Hall–Kier alpha value is -4.33. The lowest BCUT2D eigenvalue weighted by molar-refractivity contribution is -0.158. The first kappa shape index (κ1) is 29.6. The van der Waals surface area contributed by atoms with Crippen LogP contribution in [0.1, 0.15) is 70.3 Å². The molecule has 1 amide bonds. The van der Waals surface area contributed by atoms with Crippen LogP contribution < -0.4 is 10.1 Å². The number of ether oxygens (including phenoxy) is 3. The number of hydrogen-bond acceptors (Lipinski definition) is 7. The van der Waals surface area contributed by atoms with Crippen molar-refractivity contribution in [1.29, 1.82) is 0 Å². The number of esters is 2. The number of amides is 1. The Morgan fingerprint density at radius 1 is 0.829 bits per heavy atom. The number of phenols is 1. The van der Waals surface area contributed by atoms with Gasteiger partial charge in [-0.15, -0.1) is 0 Å². The molecule has 1 unspecified atom stereocenters. The smallest absolute Gasteiger partial charge is 0.407 e. The molecule has 0 saturated carbocycles. The van der Waals surface area contributed by atoms with Gasteiger partial charge in [-0.2, -0.15) is 0 Å². The van der Waals surface area contributed by atoms with Crippen LogP contribution >= 0.6 is 0 Å². The van der Waals surface area contributed by atoms with Crippen LogP contribution in [0.4, 0.5) is 4.79 Å². The second-order valence-corrected chi connectivity index (χ2v) is 12.2. The van der Waals surface area contributed by atoms with E-state index in [9.17, 15) is 19.5 Å². The van der Waals surface area contributed by atoms with Crippen molar-refractivity contribution in [1.82, 2.24) is 5.32 Å². The standard InChI is InChI=1S/C33H37NO7/c1-32(2,3)29(36)40-27-17-20(15-16-26(27)35)28(41-30(37)33(4,5)6)18-34-31(38)39-19-25-23-13-9-7-11-21(23)22-12-8-10-14-24(22)25/h7-17,25,28,35H,18-19H2,1-6H3,(H,34,38). The number of carbonyl (C=O) groups excluding carboxylic acids is 3. The molecule has 0 aliphatic heterocycles. The second kappa shape index (κ2) is 11.6. The predicted octanol–water partition coefficient (Wildman–Crippen LogP) is 6.51. The molecule has 41 heavy (non-hydrogen) atoms. The summed E-state index contributed by atoms with van der Waals surface area (Å²) in [7, 11) is 0. The SMILES string of the molecule is CC(C)(C)C(=O)Oc1cc(C(CNC(=O)OCC2c3ccccc3-c3ccccc32)OC(=O)C(C)(C)C)ccc1O. The molecule has 4 rings (SSSR count). The minimum absolute atomic E-state index is 0.0691. The number of carbonyl (C=O) groups is 3. The Bertz CT molecular complexity index is 1400. The highest BCUT2D eigenvalue weighted by Crippen LogP contribution is 2.44. The van der Waals surface area contributed by atoms with Crippen LogP contribution in [0.25, 0.3) is 11.1 Å². The predicted molar refractivity (Wildman–Crippen MR) is 155 cm³/mol. The Labute approximate surface area is 240 Å². The summed E-state index contributed by atoms with van der Waals surface area (Å²) in [6.45, 7) is 10.3. The van der Waals surface area contributed by atoms with Gasteiger partial charge in [-0.05, 0) is 81.5 Å². The molecule has 0 saturated heterocycles. The van der Waals surface area contributed by atoms with E-state index in [4.69, 9.17) is 14.2 Å². The molecular formula is C33H37NO7. The average Bonchev–Trinajstić information content (AvgIpc) is 3.23. The number of aromatic hydroxyl groups is 1. The molecular weight excluding hydrogens is 522 g/mol. The van der Waals surface area contributed by atoms with Crippen molar-refractivity contribution in [2.75, 3.05) is 13.2 Å². The first-order valence-corrected chi connectivity index (χ1v) is 13.6. The normalized spacial score (nSPS) is 13.5. The molecule has 0 bridgehead atoms. The molecule has 0 spiro atoms. The number of nitrogens with one attached hydrogen (secondary N) is 1. The lowest BCUT2D eigenvalue weighted by Gasteiger charge is -2.25. The van der Waals surface area contributed by atoms with Crippen molar-refractivity contribution in [2.45, 2.75) is 53.6 Å². The maximum Gasteiger partial charge on any atom is 0.407 e. The van der Waals surface area contributed by atoms with Crippen LogP contribution in [-0.4, -0.2) is 36.3 Å². The quantitative estimate of drug-likeness (QED) is 0.251. The van der Waals surface area contributed by atoms with Crippen molar-refractivity contribution >= 4 is 18.0 Å². The van der Waals surface area contributed by atoms with Gasteiger partial charge in [0.05, 0.1) is 17.4 Å². The Balaban J connectivity index is 1.48. The van der Waals surface area contributed by atoms with Crippen LogP contribution in [0.15, 0.2) is 66.7 Å². The van der Waals surface area contributed by atoms with Gasteiger partial charge in [0.2, 0.25) is 0 Å². The summed E-state index contributed by atoms with van der Waals surface area (Å²) in [5, 5.41) is 13.0. The van der Waals surface area contributed by atoms with Gasteiger partial charge in [0, 0.05) is 5.92 Å². The van der Waals surface area contributed by atoms with Gasteiger partial charge in [0.25, 0.3) is 0 Å². The first-order valence-electron chi connectivity index (χ1n) is 13.6. The van der Waals surface area contributed by atoms with Crippen LogP contribution in [0.2, 0.25) is 0 Å². The fourth-order valence-corrected chi connectivity index (χ4v) is 4.42. The summed E-state index contributed by atoms with van der Waals surface area (Å²) in [6, 6.07) is 20.4. The Morgan fingerprint density at radius 2 is 1.39 bits per heavy atom. The molecule has 0 aromatic heterocycles. The monoisotopic (exact) mass is 559 g/mol. The minimum atomic E-state index is -0.935. The lowest BCUT2D eigenvalue weighted by atomic mass is 9.97. The summed E-state index contributed by atoms with van der Waals surface area (Å²) in [5.74, 6) is -1.43. The van der Waals surface area contributed by atoms with Crippen LogP contribution in [0.5, 0.6) is 11.5 Å². The molecule has 0 radical (unpaired) electrons. The molecule has 1 aliphatic rings. The maximum atomic E-state index is 12.8. The van der Waals surface area contributed by atoms with Crippen LogP contribution in [0.3, 0.4) is 0 Å². The number of hydrogen-bond donors (Lipinski definition) is 2. The summed E-state index contributed by atoms with van der Waals surface area (Å²) in [6.07, 6.45) is -1.60. The summed E-state index contributed by atoms with van der Waals surface area (Å²) < 4.78 is 16.8. The van der Waals surface area contributed by atoms with Crippen molar-refractivity contribution < 1.29 is 33.7 Å². The minimum Gasteiger partial charge on any atom is -0.504 e. The lowest BCUT2D eigenvalue weighted by Crippen LogP contribution is -2.34. The number of rotatable bonds is 7. The zero-order chi connectivity index (χ0) is 29.9. The molecule has 2 N–H and O–H groups in total. The van der Waals surface area contributed by atoms with E-state index >= 15 is 0 Å². The molecule has 8 nitrogen and oxygen atoms in total. The Kier molecular flexibility index (Phi) is 8.42. The van der Waals surface area contributed by atoms with Crippen molar-refractivity contribution in [3.63, 3.8) is 0 Å². The fourth-order valence-electron chi connectivity index (χ4n) is 4.42. The first-order chi connectivity index (χ1) is 19.3. The highest BCUT2D eigenvalue weighted by atomic mass is 16.6. The van der Waals surface area contributed by atoms with Gasteiger partial charge in [-0.1, -0.05) is 54.6 Å². The second-order valence-electron chi connectivity index (χ2n) is 12.2. The van der Waals surface area contributed by atoms with E-state index in [0.717, 1.165) is 22.3 Å². The van der Waals surface area contributed by atoms with E-state index in [1.165, 1.54) is 12.1 Å². The summed E-state index contributed by atoms with van der Waals surface area (Å²) in [4.78, 5) is 38.1. The maximum absolute atomic E-state index is 12.8. The van der Waals surface area contributed by atoms with E-state index in [1.807, 2.05) is 36.4 Å². The van der Waals surface area contributed by atoms with Gasteiger partial charge < -0.3 is 24.6 Å². The largest absolute Gasteiger partial charge is 0.504 e. The number of fused-ring (bicyclic) bond motifs is 3. The molecule has 1 atom stereocenters. The molecule has 0 heterocycles. The third-order valence-electron chi connectivity index (χ3n) is 6.81.